The summed E-state index contributed by atoms with van der Waals surface area (Å²) >= 11 is 0. The van der Waals surface area contributed by atoms with Crippen LogP contribution in [0.5, 0.6) is 0 Å². The van der Waals surface area contributed by atoms with Gasteiger partial charge in [0.2, 0.25) is 0 Å². The van der Waals surface area contributed by atoms with Gasteiger partial charge in [0.25, 0.3) is 0 Å². The lowest BCUT2D eigenvalue weighted by Gasteiger charge is -2.39. The predicted molar refractivity (Wildman–Crippen MR) is 80.7 cm³/mol. The molecule has 3 atom stereocenters. The Morgan fingerprint density at radius 3 is 2.73 bits per heavy atom. The minimum absolute atomic E-state index is 0.0764. The summed E-state index contributed by atoms with van der Waals surface area (Å²) < 4.78 is 4.80. The molecule has 0 saturated carbocycles. The standard InChI is InChI=1S/C16H20N4O2/c1-10-13(7-17)15(14(8-18)11(2)19-10)12-5-4-6-20(9-12)16(21)22-3/h12-13,15H,4-6,9H2,1-3H3. The van der Waals surface area contributed by atoms with E-state index in [2.05, 4.69) is 17.1 Å². The normalized spacial score (nSPS) is 28.5. The number of methoxy groups -OCH3 is 1. The SMILES string of the molecule is COC(=O)N1CCCC(C2C(C#N)=C(C)N=C(C)C2C#N)C1. The van der Waals surface area contributed by atoms with Gasteiger partial charge in [0, 0.05) is 24.7 Å². The molecule has 1 fully saturated rings. The number of ether oxygens (including phenoxy) is 1. The maximum Gasteiger partial charge on any atom is 0.409 e. The monoisotopic (exact) mass is 300 g/mol. The minimum Gasteiger partial charge on any atom is -0.453 e. The molecule has 2 aliphatic heterocycles. The molecule has 22 heavy (non-hydrogen) atoms. The zero-order chi connectivity index (χ0) is 16.3. The number of rotatable bonds is 1. The number of hydrogen-bond acceptors (Lipinski definition) is 5. The van der Waals surface area contributed by atoms with Crippen LogP contribution in [0.2, 0.25) is 0 Å². The predicted octanol–water partition coefficient (Wildman–Crippen LogP) is 2.49. The number of hydrogen-bond donors (Lipinski definition) is 0. The highest BCUT2D eigenvalue weighted by Gasteiger charge is 2.40. The van der Waals surface area contributed by atoms with Crippen molar-refractivity contribution >= 4 is 11.8 Å². The highest BCUT2D eigenvalue weighted by Crippen LogP contribution is 2.39. The Balaban J connectivity index is 2.32. The lowest BCUT2D eigenvalue weighted by atomic mass is 9.71. The van der Waals surface area contributed by atoms with E-state index in [1.54, 1.807) is 4.90 Å². The molecule has 6 nitrogen and oxygen atoms in total. The van der Waals surface area contributed by atoms with Gasteiger partial charge in [-0.1, -0.05) is 0 Å². The Morgan fingerprint density at radius 2 is 2.14 bits per heavy atom. The van der Waals surface area contributed by atoms with E-state index in [1.807, 2.05) is 13.8 Å². The third-order valence-corrected chi connectivity index (χ3v) is 4.53. The zero-order valence-electron chi connectivity index (χ0n) is 13.2. The van der Waals surface area contributed by atoms with Gasteiger partial charge in [0.05, 0.1) is 36.4 Å². The van der Waals surface area contributed by atoms with Crippen LogP contribution in [0.15, 0.2) is 16.3 Å². The maximum absolute atomic E-state index is 11.8. The summed E-state index contributed by atoms with van der Waals surface area (Å²) in [5.74, 6) is -0.520. The molecule has 116 valence electrons. The molecule has 0 aromatic rings. The van der Waals surface area contributed by atoms with E-state index < -0.39 is 5.92 Å². The average Bonchev–Trinajstić information content (AvgIpc) is 2.53. The van der Waals surface area contributed by atoms with Gasteiger partial charge in [0.1, 0.15) is 0 Å². The first-order valence-electron chi connectivity index (χ1n) is 7.42. The van der Waals surface area contributed by atoms with Crippen molar-refractivity contribution in [2.24, 2.45) is 22.7 Å². The topological polar surface area (TPSA) is 89.5 Å². The van der Waals surface area contributed by atoms with Crippen LogP contribution in [-0.4, -0.2) is 36.9 Å². The number of aliphatic imine (C=N–C) groups is 1. The molecular weight excluding hydrogens is 280 g/mol. The van der Waals surface area contributed by atoms with Crippen molar-refractivity contribution < 1.29 is 9.53 Å². The number of nitrogens with zero attached hydrogens (tertiary/aromatic N) is 4. The zero-order valence-corrected chi connectivity index (χ0v) is 13.2. The molecule has 0 radical (unpaired) electrons. The lowest BCUT2D eigenvalue weighted by molar-refractivity contribution is 0.0919. The van der Waals surface area contributed by atoms with E-state index in [9.17, 15) is 15.3 Å². The molecule has 1 saturated heterocycles. The lowest BCUT2D eigenvalue weighted by Crippen LogP contribution is -2.45. The molecule has 0 aromatic carbocycles. The molecule has 2 aliphatic rings. The van der Waals surface area contributed by atoms with Gasteiger partial charge in [-0.3, -0.25) is 4.99 Å². The first kappa shape index (κ1) is 16.0. The van der Waals surface area contributed by atoms with Gasteiger partial charge in [0.15, 0.2) is 0 Å². The highest BCUT2D eigenvalue weighted by molar-refractivity contribution is 5.89. The van der Waals surface area contributed by atoms with Crippen LogP contribution in [0.4, 0.5) is 4.79 Å². The smallest absolute Gasteiger partial charge is 0.409 e. The van der Waals surface area contributed by atoms with Crippen LogP contribution in [0, 0.1) is 40.4 Å². The fourth-order valence-corrected chi connectivity index (χ4v) is 3.50. The van der Waals surface area contributed by atoms with E-state index >= 15 is 0 Å². The number of allylic oxidation sites excluding steroid dienone is 2. The van der Waals surface area contributed by atoms with Crippen LogP contribution in [-0.2, 0) is 4.74 Å². The van der Waals surface area contributed by atoms with E-state index in [0.717, 1.165) is 18.6 Å². The van der Waals surface area contributed by atoms with Crippen molar-refractivity contribution in [2.45, 2.75) is 26.7 Å². The maximum atomic E-state index is 11.8. The van der Waals surface area contributed by atoms with Crippen molar-refractivity contribution in [3.05, 3.63) is 11.3 Å². The first-order chi connectivity index (χ1) is 10.5. The van der Waals surface area contributed by atoms with Gasteiger partial charge < -0.3 is 9.64 Å². The Labute approximate surface area is 130 Å². The molecule has 2 rings (SSSR count). The van der Waals surface area contributed by atoms with E-state index in [0.29, 0.717) is 24.4 Å². The van der Waals surface area contributed by atoms with Crippen molar-refractivity contribution in [1.82, 2.24) is 4.90 Å². The number of carbonyl (C=O) groups is 1. The molecule has 3 unspecified atom stereocenters. The average molecular weight is 300 g/mol. The van der Waals surface area contributed by atoms with Crippen LogP contribution >= 0.6 is 0 Å². The number of nitriles is 2. The summed E-state index contributed by atoms with van der Waals surface area (Å²) in [6.45, 7) is 4.81. The van der Waals surface area contributed by atoms with Gasteiger partial charge in [-0.05, 0) is 32.6 Å². The van der Waals surface area contributed by atoms with Crippen molar-refractivity contribution in [1.29, 1.82) is 10.5 Å². The second-order valence-corrected chi connectivity index (χ2v) is 5.81. The summed E-state index contributed by atoms with van der Waals surface area (Å²) in [6, 6.07) is 4.52. The van der Waals surface area contributed by atoms with Crippen LogP contribution in [0.1, 0.15) is 26.7 Å². The summed E-state index contributed by atoms with van der Waals surface area (Å²) in [7, 11) is 1.37. The fourth-order valence-electron chi connectivity index (χ4n) is 3.50. The third kappa shape index (κ3) is 2.82. The van der Waals surface area contributed by atoms with Gasteiger partial charge >= 0.3 is 6.09 Å². The molecule has 2 heterocycles. The minimum atomic E-state index is -0.402. The molecule has 0 aliphatic carbocycles. The van der Waals surface area contributed by atoms with Crippen molar-refractivity contribution in [2.75, 3.05) is 20.2 Å². The van der Waals surface area contributed by atoms with Gasteiger partial charge in [-0.25, -0.2) is 4.79 Å². The molecule has 1 amide bonds. The molecular formula is C16H20N4O2. The summed E-state index contributed by atoms with van der Waals surface area (Å²) in [5.41, 5.74) is 2.01. The Bertz CT molecular complexity index is 609. The summed E-state index contributed by atoms with van der Waals surface area (Å²) in [4.78, 5) is 17.8. The van der Waals surface area contributed by atoms with Gasteiger partial charge in [-0.2, -0.15) is 10.5 Å². The Kier molecular flexibility index (Phi) is 4.82. The summed E-state index contributed by atoms with van der Waals surface area (Å²) in [6.07, 6.45) is 1.39. The molecule has 0 bridgehead atoms. The largest absolute Gasteiger partial charge is 0.453 e. The quantitative estimate of drug-likeness (QED) is 0.744. The number of likely N-dealkylation sites (tertiary alicyclic amines) is 1. The van der Waals surface area contributed by atoms with Crippen molar-refractivity contribution in [3.63, 3.8) is 0 Å². The molecule has 0 spiro atoms. The van der Waals surface area contributed by atoms with Gasteiger partial charge in [-0.15, -0.1) is 0 Å². The molecule has 0 aromatic heterocycles. The Hall–Kier alpha value is -2.34. The number of piperidine rings is 1. The van der Waals surface area contributed by atoms with E-state index in [-0.39, 0.29) is 17.9 Å². The van der Waals surface area contributed by atoms with E-state index in [4.69, 9.17) is 4.74 Å². The number of amides is 1. The Morgan fingerprint density at radius 1 is 1.41 bits per heavy atom. The second-order valence-electron chi connectivity index (χ2n) is 5.81. The van der Waals surface area contributed by atoms with Crippen LogP contribution < -0.4 is 0 Å². The third-order valence-electron chi connectivity index (χ3n) is 4.53. The van der Waals surface area contributed by atoms with Crippen LogP contribution in [0.25, 0.3) is 0 Å². The highest BCUT2D eigenvalue weighted by atomic mass is 16.5. The first-order valence-corrected chi connectivity index (χ1v) is 7.42. The van der Waals surface area contributed by atoms with Crippen molar-refractivity contribution in [3.8, 4) is 12.1 Å². The van der Waals surface area contributed by atoms with Crippen LogP contribution in [0.3, 0.4) is 0 Å². The molecule has 6 heteroatoms. The number of carbonyl (C=O) groups excluding carboxylic acids is 1. The molecule has 0 N–H and O–H groups in total. The summed E-state index contributed by atoms with van der Waals surface area (Å²) in [5, 5.41) is 19.0. The van der Waals surface area contributed by atoms with E-state index in [1.165, 1.54) is 7.11 Å². The second kappa shape index (κ2) is 6.62. The fraction of sp³-hybridized carbons (Fsp3) is 0.625.